The first kappa shape index (κ1) is 31.4. The van der Waals surface area contributed by atoms with Crippen LogP contribution in [0.2, 0.25) is 5.02 Å². The summed E-state index contributed by atoms with van der Waals surface area (Å²) in [7, 11) is 0. The highest BCUT2D eigenvalue weighted by atomic mass is 35.5. The van der Waals surface area contributed by atoms with E-state index >= 15 is 0 Å². The Bertz CT molecular complexity index is 1180. The summed E-state index contributed by atoms with van der Waals surface area (Å²) in [5, 5.41) is 17.9. The largest absolute Gasteiger partial charge is 0.508 e. The van der Waals surface area contributed by atoms with E-state index in [9.17, 15) is 9.90 Å². The van der Waals surface area contributed by atoms with Crippen LogP contribution in [0.4, 0.5) is 5.69 Å². The molecule has 42 heavy (non-hydrogen) atoms. The van der Waals surface area contributed by atoms with Crippen LogP contribution in [0, 0.1) is 5.92 Å². The van der Waals surface area contributed by atoms with Crippen LogP contribution in [-0.2, 0) is 17.8 Å². The smallest absolute Gasteiger partial charge is 0.239 e. The first-order valence-electron chi connectivity index (χ1n) is 15.6. The fourth-order valence-electron chi connectivity index (χ4n) is 6.49. The summed E-state index contributed by atoms with van der Waals surface area (Å²) in [5.74, 6) is 1.63. The van der Waals surface area contributed by atoms with Crippen molar-refractivity contribution in [1.82, 2.24) is 20.0 Å². The number of phenols is 1. The fraction of sp³-hybridized carbons (Fsp3) is 0.594. The molecule has 2 aromatic carbocycles. The van der Waals surface area contributed by atoms with Crippen molar-refractivity contribution in [3.63, 3.8) is 0 Å². The number of anilines is 1. The van der Waals surface area contributed by atoms with E-state index in [-0.39, 0.29) is 11.8 Å². The number of halogens is 1. The van der Waals surface area contributed by atoms with Gasteiger partial charge in [0.2, 0.25) is 5.91 Å². The molecule has 1 amide bonds. The second kappa shape index (κ2) is 15.1. The molecular weight excluding hydrogens is 568 g/mol. The molecule has 0 bridgehead atoms. The lowest BCUT2D eigenvalue weighted by Crippen LogP contribution is -2.55. The number of rotatable bonds is 11. The van der Waals surface area contributed by atoms with Gasteiger partial charge in [-0.3, -0.25) is 9.69 Å². The molecule has 0 aliphatic carbocycles. The maximum absolute atomic E-state index is 13.4. The van der Waals surface area contributed by atoms with E-state index in [1.54, 1.807) is 17.8 Å². The van der Waals surface area contributed by atoms with Crippen LogP contribution < -0.4 is 16.4 Å². The summed E-state index contributed by atoms with van der Waals surface area (Å²) >= 11 is 8.15. The molecule has 0 saturated carbocycles. The number of nitrogens with two attached hydrogens (primary N) is 1. The van der Waals surface area contributed by atoms with Crippen LogP contribution in [0.1, 0.15) is 37.3 Å². The zero-order valence-electron chi connectivity index (χ0n) is 24.9. The number of thioether (sulfide) groups is 1. The Hall–Kier alpha value is -2.01. The Morgan fingerprint density at radius 2 is 1.86 bits per heavy atom. The minimum absolute atomic E-state index is 0.101. The minimum Gasteiger partial charge on any atom is -0.508 e. The predicted octanol–water partition coefficient (Wildman–Crippen LogP) is 3.86. The number of nitrogens with one attached hydrogen (secondary N) is 2. The van der Waals surface area contributed by atoms with Crippen molar-refractivity contribution in [2.24, 2.45) is 11.7 Å². The Morgan fingerprint density at radius 3 is 2.57 bits per heavy atom. The number of carbonyl (C=O) groups is 1. The van der Waals surface area contributed by atoms with E-state index in [1.165, 1.54) is 16.1 Å². The third-order valence-electron chi connectivity index (χ3n) is 9.03. The third-order valence-corrected chi connectivity index (χ3v) is 10.3. The van der Waals surface area contributed by atoms with Gasteiger partial charge in [0.1, 0.15) is 5.75 Å². The molecule has 5 N–H and O–H groups in total. The zero-order chi connectivity index (χ0) is 29.5. The molecule has 0 unspecified atom stereocenters. The van der Waals surface area contributed by atoms with E-state index in [0.29, 0.717) is 24.9 Å². The minimum atomic E-state index is -0.430. The number of phenolic OH excluding ortho intramolecular Hbond substituents is 1. The maximum atomic E-state index is 13.4. The monoisotopic (exact) mass is 614 g/mol. The lowest BCUT2D eigenvalue weighted by molar-refractivity contribution is -0.136. The molecule has 230 valence electrons. The maximum Gasteiger partial charge on any atom is 0.239 e. The number of benzene rings is 2. The molecule has 3 fully saturated rings. The van der Waals surface area contributed by atoms with Crippen LogP contribution in [0.15, 0.2) is 41.3 Å². The summed E-state index contributed by atoms with van der Waals surface area (Å²) < 4.78 is 0. The second-order valence-corrected chi connectivity index (χ2v) is 13.7. The SMILES string of the molecule is CCSc1ccc(O)cc1CN1CCN(C(=O)[C@H](N)C2CCN(CCc3cc(Cl)ccc3N[C@H]3CCNC3)CC2)CC1. The molecule has 3 heterocycles. The average Bonchev–Trinajstić information content (AvgIpc) is 3.52. The first-order chi connectivity index (χ1) is 20.4. The molecule has 5 rings (SSSR count). The van der Waals surface area contributed by atoms with Crippen LogP contribution in [0.5, 0.6) is 5.75 Å². The van der Waals surface area contributed by atoms with Crippen LogP contribution >= 0.6 is 23.4 Å². The molecule has 0 aromatic heterocycles. The van der Waals surface area contributed by atoms with Crippen LogP contribution in [-0.4, -0.2) is 102 Å². The quantitative estimate of drug-likeness (QED) is 0.284. The van der Waals surface area contributed by atoms with Gasteiger partial charge in [-0.05, 0) is 105 Å². The van der Waals surface area contributed by atoms with Crippen molar-refractivity contribution >= 4 is 35.0 Å². The number of piperazine rings is 1. The van der Waals surface area contributed by atoms with Crippen molar-refractivity contribution < 1.29 is 9.90 Å². The van der Waals surface area contributed by atoms with Crippen molar-refractivity contribution in [2.45, 2.75) is 56.1 Å². The molecule has 0 spiro atoms. The van der Waals surface area contributed by atoms with Crippen molar-refractivity contribution in [3.05, 3.63) is 52.5 Å². The van der Waals surface area contributed by atoms with Gasteiger partial charge in [-0.1, -0.05) is 18.5 Å². The van der Waals surface area contributed by atoms with Crippen molar-refractivity contribution in [3.8, 4) is 5.75 Å². The molecule has 8 nitrogen and oxygen atoms in total. The van der Waals surface area contributed by atoms with Gasteiger partial charge in [-0.15, -0.1) is 11.8 Å². The summed E-state index contributed by atoms with van der Waals surface area (Å²) in [6.45, 7) is 11.0. The number of likely N-dealkylation sites (tertiary alicyclic amines) is 1. The van der Waals surface area contributed by atoms with Gasteiger partial charge >= 0.3 is 0 Å². The summed E-state index contributed by atoms with van der Waals surface area (Å²) in [4.78, 5) is 21.4. The fourth-order valence-corrected chi connectivity index (χ4v) is 7.47. The third kappa shape index (κ3) is 8.33. The van der Waals surface area contributed by atoms with E-state index in [0.717, 1.165) is 94.4 Å². The lowest BCUT2D eigenvalue weighted by Gasteiger charge is -2.39. The predicted molar refractivity (Wildman–Crippen MR) is 174 cm³/mol. The summed E-state index contributed by atoms with van der Waals surface area (Å²) in [6, 6.07) is 11.9. The van der Waals surface area contributed by atoms with Gasteiger partial charge in [-0.2, -0.15) is 0 Å². The molecule has 10 heteroatoms. The Morgan fingerprint density at radius 1 is 1.07 bits per heavy atom. The van der Waals surface area contributed by atoms with Crippen LogP contribution in [0.3, 0.4) is 0 Å². The average molecular weight is 615 g/mol. The highest BCUT2D eigenvalue weighted by Gasteiger charge is 2.33. The standard InChI is InChI=1S/C32H47ClN6O2S/c1-2-42-30-6-4-28(40)20-25(30)22-38-15-17-39(18-16-38)32(41)31(34)23-8-12-37(13-9-23)14-10-24-19-26(33)3-5-29(24)36-27-7-11-35-21-27/h3-6,19-20,23,27,31,35-36,40H,2,7-18,21-22,34H2,1H3/t27-,31+/m0/s1. The molecular formula is C32H47ClN6O2S. The molecule has 0 radical (unpaired) electrons. The van der Waals surface area contributed by atoms with Crippen molar-refractivity contribution in [1.29, 1.82) is 0 Å². The first-order valence-corrected chi connectivity index (χ1v) is 17.0. The van der Waals surface area contributed by atoms with Gasteiger partial charge in [0.25, 0.3) is 0 Å². The highest BCUT2D eigenvalue weighted by Crippen LogP contribution is 2.28. The van der Waals surface area contributed by atoms with Gasteiger partial charge in [0.05, 0.1) is 6.04 Å². The topological polar surface area (TPSA) is 97.1 Å². The van der Waals surface area contributed by atoms with Gasteiger partial charge < -0.3 is 31.3 Å². The van der Waals surface area contributed by atoms with Crippen molar-refractivity contribution in [2.75, 3.05) is 70.0 Å². The number of carbonyl (C=O) groups excluding carboxylic acids is 1. The van der Waals surface area contributed by atoms with Gasteiger partial charge in [-0.25, -0.2) is 0 Å². The number of nitrogens with zero attached hydrogens (tertiary/aromatic N) is 3. The van der Waals surface area contributed by atoms with Gasteiger partial charge in [0, 0.05) is 67.5 Å². The normalized spacial score (nSPS) is 21.5. The number of aromatic hydroxyl groups is 1. The Kier molecular flexibility index (Phi) is 11.3. The zero-order valence-corrected chi connectivity index (χ0v) is 26.4. The van der Waals surface area contributed by atoms with E-state index < -0.39 is 6.04 Å². The molecule has 2 aromatic rings. The molecule has 3 aliphatic heterocycles. The number of amides is 1. The Labute approximate surface area is 260 Å². The molecule has 2 atom stereocenters. The van der Waals surface area contributed by atoms with E-state index in [1.807, 2.05) is 23.1 Å². The summed E-state index contributed by atoms with van der Waals surface area (Å²) in [6.07, 6.45) is 4.00. The number of hydrogen-bond donors (Lipinski definition) is 4. The number of piperidine rings is 1. The summed E-state index contributed by atoms with van der Waals surface area (Å²) in [5.41, 5.74) is 10.2. The van der Waals surface area contributed by atoms with Gasteiger partial charge in [0.15, 0.2) is 0 Å². The molecule has 3 saturated heterocycles. The highest BCUT2D eigenvalue weighted by molar-refractivity contribution is 7.99. The van der Waals surface area contributed by atoms with E-state index in [2.05, 4.69) is 39.5 Å². The van der Waals surface area contributed by atoms with E-state index in [4.69, 9.17) is 17.3 Å². The Balaban J connectivity index is 1.05. The second-order valence-electron chi connectivity index (χ2n) is 11.9. The lowest BCUT2D eigenvalue weighted by atomic mass is 9.88. The van der Waals surface area contributed by atoms with Crippen LogP contribution in [0.25, 0.3) is 0 Å². The molecule has 3 aliphatic rings. The number of hydrogen-bond acceptors (Lipinski definition) is 8.